The number of halogens is 1. The fourth-order valence-corrected chi connectivity index (χ4v) is 4.38. The molecule has 166 valence electrons. The van der Waals surface area contributed by atoms with E-state index < -0.39 is 0 Å². The minimum atomic E-state index is 0.0141. The summed E-state index contributed by atoms with van der Waals surface area (Å²) in [7, 11) is 0. The molecule has 1 N–H and O–H groups in total. The molecule has 4 heterocycles. The van der Waals surface area contributed by atoms with Crippen molar-refractivity contribution in [2.75, 3.05) is 56.0 Å². The highest BCUT2D eigenvalue weighted by molar-refractivity contribution is 6.33. The number of likely N-dealkylation sites (tertiary alicyclic amines) is 1. The Morgan fingerprint density at radius 2 is 1.81 bits per heavy atom. The van der Waals surface area contributed by atoms with Crippen LogP contribution in [0, 0.1) is 0 Å². The van der Waals surface area contributed by atoms with Gasteiger partial charge in [-0.2, -0.15) is 0 Å². The first-order valence-corrected chi connectivity index (χ1v) is 11.6. The Morgan fingerprint density at radius 1 is 1.03 bits per heavy atom. The van der Waals surface area contributed by atoms with Crippen molar-refractivity contribution >= 4 is 29.1 Å². The van der Waals surface area contributed by atoms with E-state index in [0.29, 0.717) is 22.9 Å². The smallest absolute Gasteiger partial charge is 0.255 e. The van der Waals surface area contributed by atoms with Gasteiger partial charge < -0.3 is 20.0 Å². The van der Waals surface area contributed by atoms with E-state index in [9.17, 15) is 4.79 Å². The molecule has 4 rings (SSSR count). The number of nitrogens with zero attached hydrogens (tertiary/aromatic N) is 5. The highest BCUT2D eigenvalue weighted by Gasteiger charge is 2.20. The highest BCUT2D eigenvalue weighted by Crippen LogP contribution is 2.23. The molecule has 0 aliphatic carbocycles. The minimum absolute atomic E-state index is 0.0141. The number of carbonyl (C=O) groups excluding carboxylic acids is 1. The molecule has 2 aromatic rings. The summed E-state index contributed by atoms with van der Waals surface area (Å²) in [5.41, 5.74) is 1.61. The molecule has 2 saturated heterocycles. The van der Waals surface area contributed by atoms with E-state index in [1.807, 2.05) is 11.1 Å². The SMILES string of the molecule is CCN1CCN(c2ccc(CNc3ncc(C(=O)N4CCCCC4)cc3Cl)cn2)CC1. The second-order valence-corrected chi connectivity index (χ2v) is 8.61. The van der Waals surface area contributed by atoms with Crippen molar-refractivity contribution in [3.05, 3.63) is 46.7 Å². The van der Waals surface area contributed by atoms with Crippen molar-refractivity contribution in [2.24, 2.45) is 0 Å². The number of piperidine rings is 1. The maximum atomic E-state index is 12.6. The third-order valence-electron chi connectivity index (χ3n) is 6.14. The molecule has 2 aliphatic heterocycles. The van der Waals surface area contributed by atoms with Crippen LogP contribution in [-0.2, 0) is 6.54 Å². The second kappa shape index (κ2) is 10.3. The van der Waals surface area contributed by atoms with E-state index in [4.69, 9.17) is 11.6 Å². The number of hydrogen-bond donors (Lipinski definition) is 1. The summed E-state index contributed by atoms with van der Waals surface area (Å²) < 4.78 is 0. The molecule has 0 radical (unpaired) electrons. The molecule has 2 fully saturated rings. The second-order valence-electron chi connectivity index (χ2n) is 8.21. The first kappa shape index (κ1) is 21.8. The van der Waals surface area contributed by atoms with Gasteiger partial charge in [0.1, 0.15) is 11.6 Å². The Balaban J connectivity index is 1.32. The predicted octanol–water partition coefficient (Wildman–Crippen LogP) is 3.51. The lowest BCUT2D eigenvalue weighted by atomic mass is 10.1. The first-order chi connectivity index (χ1) is 15.1. The zero-order valence-electron chi connectivity index (χ0n) is 18.2. The Morgan fingerprint density at radius 3 is 2.45 bits per heavy atom. The maximum absolute atomic E-state index is 12.6. The number of nitrogens with one attached hydrogen (secondary N) is 1. The number of carbonyl (C=O) groups is 1. The average Bonchev–Trinajstić information content (AvgIpc) is 2.84. The van der Waals surface area contributed by atoms with E-state index in [-0.39, 0.29) is 5.91 Å². The lowest BCUT2D eigenvalue weighted by molar-refractivity contribution is 0.0724. The van der Waals surface area contributed by atoms with Crippen LogP contribution in [0.15, 0.2) is 30.6 Å². The standard InChI is InChI=1S/C23H31ClN6O/c1-2-28-10-12-29(13-11-28)21-7-6-18(15-25-21)16-26-22-20(24)14-19(17-27-22)23(31)30-8-4-3-5-9-30/h6-7,14-15,17H,2-5,8-13,16H2,1H3,(H,26,27). The average molecular weight is 443 g/mol. The molecular weight excluding hydrogens is 412 g/mol. The summed E-state index contributed by atoms with van der Waals surface area (Å²) in [6.07, 6.45) is 6.83. The van der Waals surface area contributed by atoms with Crippen molar-refractivity contribution in [3.8, 4) is 0 Å². The van der Waals surface area contributed by atoms with Gasteiger partial charge in [-0.25, -0.2) is 9.97 Å². The van der Waals surface area contributed by atoms with Crippen molar-refractivity contribution in [2.45, 2.75) is 32.7 Å². The van der Waals surface area contributed by atoms with Crippen LogP contribution in [0.4, 0.5) is 11.6 Å². The number of rotatable bonds is 6. The van der Waals surface area contributed by atoms with Crippen molar-refractivity contribution in [1.29, 1.82) is 0 Å². The van der Waals surface area contributed by atoms with Gasteiger partial charge in [0.25, 0.3) is 5.91 Å². The van der Waals surface area contributed by atoms with Gasteiger partial charge in [0.2, 0.25) is 0 Å². The summed E-state index contributed by atoms with van der Waals surface area (Å²) in [6.45, 7) is 9.71. The Hall–Kier alpha value is -2.38. The molecule has 2 aromatic heterocycles. The Kier molecular flexibility index (Phi) is 7.25. The minimum Gasteiger partial charge on any atom is -0.365 e. The van der Waals surface area contributed by atoms with Crippen molar-refractivity contribution in [3.63, 3.8) is 0 Å². The Bertz CT molecular complexity index is 876. The molecule has 0 saturated carbocycles. The molecule has 8 heteroatoms. The molecule has 31 heavy (non-hydrogen) atoms. The molecule has 0 spiro atoms. The first-order valence-electron chi connectivity index (χ1n) is 11.2. The summed E-state index contributed by atoms with van der Waals surface area (Å²) >= 11 is 6.41. The molecule has 0 unspecified atom stereocenters. The Labute approximate surface area is 189 Å². The van der Waals surface area contributed by atoms with Crippen LogP contribution in [0.25, 0.3) is 0 Å². The predicted molar refractivity (Wildman–Crippen MR) is 125 cm³/mol. The third kappa shape index (κ3) is 5.46. The van der Waals surface area contributed by atoms with E-state index in [1.165, 1.54) is 6.42 Å². The normalized spacial score (nSPS) is 17.6. The fourth-order valence-electron chi connectivity index (χ4n) is 4.15. The molecule has 0 aromatic carbocycles. The van der Waals surface area contributed by atoms with E-state index in [1.54, 1.807) is 12.3 Å². The molecule has 0 atom stereocenters. The highest BCUT2D eigenvalue weighted by atomic mass is 35.5. The molecule has 2 aliphatic rings. The number of amides is 1. The number of anilines is 2. The zero-order chi connectivity index (χ0) is 21.6. The van der Waals surface area contributed by atoms with E-state index >= 15 is 0 Å². The van der Waals surface area contributed by atoms with Crippen LogP contribution < -0.4 is 10.2 Å². The molecule has 7 nitrogen and oxygen atoms in total. The van der Waals surface area contributed by atoms with Gasteiger partial charge in [-0.3, -0.25) is 4.79 Å². The molecule has 1 amide bonds. The lowest BCUT2D eigenvalue weighted by Gasteiger charge is -2.34. The molecule has 0 bridgehead atoms. The largest absolute Gasteiger partial charge is 0.365 e. The van der Waals surface area contributed by atoms with Crippen molar-refractivity contribution < 1.29 is 4.79 Å². The maximum Gasteiger partial charge on any atom is 0.255 e. The number of pyridine rings is 2. The summed E-state index contributed by atoms with van der Waals surface area (Å²) in [5, 5.41) is 3.72. The van der Waals surface area contributed by atoms with Crippen LogP contribution in [0.3, 0.4) is 0 Å². The van der Waals surface area contributed by atoms with Gasteiger partial charge in [-0.05, 0) is 43.5 Å². The number of hydrogen-bond acceptors (Lipinski definition) is 6. The topological polar surface area (TPSA) is 64.6 Å². The van der Waals surface area contributed by atoms with Crippen LogP contribution >= 0.6 is 11.6 Å². The molecular formula is C23H31ClN6O. The number of piperazine rings is 1. The van der Waals surface area contributed by atoms with Gasteiger partial charge in [0.15, 0.2) is 0 Å². The van der Waals surface area contributed by atoms with E-state index in [2.05, 4.69) is 44.1 Å². The third-order valence-corrected chi connectivity index (χ3v) is 6.43. The van der Waals surface area contributed by atoms with Gasteiger partial charge in [-0.1, -0.05) is 24.6 Å². The fraction of sp³-hybridized carbons (Fsp3) is 0.522. The van der Waals surface area contributed by atoms with Crippen LogP contribution in [0.1, 0.15) is 42.1 Å². The monoisotopic (exact) mass is 442 g/mol. The number of likely N-dealkylation sites (N-methyl/N-ethyl adjacent to an activating group) is 1. The summed E-state index contributed by atoms with van der Waals surface area (Å²) in [6, 6.07) is 5.88. The van der Waals surface area contributed by atoms with Crippen LogP contribution in [0.2, 0.25) is 5.02 Å². The van der Waals surface area contributed by atoms with Gasteiger partial charge in [0.05, 0.1) is 10.6 Å². The van der Waals surface area contributed by atoms with Crippen LogP contribution in [0.5, 0.6) is 0 Å². The zero-order valence-corrected chi connectivity index (χ0v) is 18.9. The van der Waals surface area contributed by atoms with Gasteiger partial charge in [-0.15, -0.1) is 0 Å². The quantitative estimate of drug-likeness (QED) is 0.738. The van der Waals surface area contributed by atoms with Gasteiger partial charge >= 0.3 is 0 Å². The van der Waals surface area contributed by atoms with Gasteiger partial charge in [0, 0.05) is 58.2 Å². The van der Waals surface area contributed by atoms with Crippen molar-refractivity contribution in [1.82, 2.24) is 19.8 Å². The summed E-state index contributed by atoms with van der Waals surface area (Å²) in [4.78, 5) is 28.3. The van der Waals surface area contributed by atoms with Crippen LogP contribution in [-0.4, -0.2) is 71.5 Å². The number of aromatic nitrogens is 2. The summed E-state index contributed by atoms with van der Waals surface area (Å²) in [5.74, 6) is 1.62. The van der Waals surface area contributed by atoms with E-state index in [0.717, 1.165) is 70.0 Å². The lowest BCUT2D eigenvalue weighted by Crippen LogP contribution is -2.46.